The van der Waals surface area contributed by atoms with Gasteiger partial charge in [0.15, 0.2) is 0 Å². The van der Waals surface area contributed by atoms with Crippen LogP contribution < -0.4 is 4.90 Å². The number of benzene rings is 1. The van der Waals surface area contributed by atoms with Crippen molar-refractivity contribution in [3.05, 3.63) is 33.9 Å². The minimum atomic E-state index is -0.368. The highest BCUT2D eigenvalue weighted by Gasteiger charge is 2.19. The van der Waals surface area contributed by atoms with Crippen LogP contribution in [0.4, 0.5) is 11.4 Å². The standard InChI is InChI=1S/C13H19N3O3/c1-14-5-7-15(8-6-14)13-4-3-12(16(17)18)9-11(13)10-19-2/h3-4,9H,5-8,10H2,1-2H3. The topological polar surface area (TPSA) is 58.9 Å². The summed E-state index contributed by atoms with van der Waals surface area (Å²) in [6.45, 7) is 4.27. The first-order valence-electron chi connectivity index (χ1n) is 6.31. The lowest BCUT2D eigenvalue weighted by molar-refractivity contribution is -0.384. The lowest BCUT2D eigenvalue weighted by Crippen LogP contribution is -2.44. The summed E-state index contributed by atoms with van der Waals surface area (Å²) in [5.74, 6) is 0. The molecule has 1 aliphatic heterocycles. The van der Waals surface area contributed by atoms with Crippen LogP contribution in [0.3, 0.4) is 0 Å². The van der Waals surface area contributed by atoms with E-state index in [0.717, 1.165) is 37.4 Å². The van der Waals surface area contributed by atoms with E-state index in [4.69, 9.17) is 4.74 Å². The molecule has 0 bridgehead atoms. The molecular weight excluding hydrogens is 246 g/mol. The molecule has 0 spiro atoms. The molecule has 104 valence electrons. The maximum Gasteiger partial charge on any atom is 0.269 e. The maximum absolute atomic E-state index is 10.8. The van der Waals surface area contributed by atoms with Crippen LogP contribution in [0, 0.1) is 10.1 Å². The Labute approximate surface area is 112 Å². The zero-order chi connectivity index (χ0) is 13.8. The summed E-state index contributed by atoms with van der Waals surface area (Å²) < 4.78 is 5.16. The predicted molar refractivity (Wildman–Crippen MR) is 73.5 cm³/mol. The minimum absolute atomic E-state index is 0.116. The average Bonchev–Trinajstić information content (AvgIpc) is 2.40. The second kappa shape index (κ2) is 5.99. The number of nitro groups is 1. The number of rotatable bonds is 4. The summed E-state index contributed by atoms with van der Waals surface area (Å²) in [5.41, 5.74) is 2.03. The smallest absolute Gasteiger partial charge is 0.269 e. The first kappa shape index (κ1) is 13.8. The molecule has 0 amide bonds. The number of non-ortho nitro benzene ring substituents is 1. The summed E-state index contributed by atoms with van der Waals surface area (Å²) >= 11 is 0. The molecule has 6 nitrogen and oxygen atoms in total. The first-order chi connectivity index (χ1) is 9.11. The predicted octanol–water partition coefficient (Wildman–Crippen LogP) is 1.49. The molecule has 6 heteroatoms. The SMILES string of the molecule is COCc1cc([N+](=O)[O-])ccc1N1CCN(C)CC1. The summed E-state index contributed by atoms with van der Waals surface area (Å²) in [6.07, 6.45) is 0. The highest BCUT2D eigenvalue weighted by atomic mass is 16.6. The zero-order valence-electron chi connectivity index (χ0n) is 11.3. The fourth-order valence-electron chi connectivity index (χ4n) is 2.31. The van der Waals surface area contributed by atoms with E-state index in [9.17, 15) is 10.1 Å². The van der Waals surface area contributed by atoms with Crippen LogP contribution in [0.1, 0.15) is 5.56 Å². The van der Waals surface area contributed by atoms with Crippen LogP contribution in [0.15, 0.2) is 18.2 Å². The van der Waals surface area contributed by atoms with E-state index in [1.54, 1.807) is 19.2 Å². The van der Waals surface area contributed by atoms with Crippen LogP contribution in [-0.2, 0) is 11.3 Å². The molecule has 1 aliphatic rings. The van der Waals surface area contributed by atoms with Crippen molar-refractivity contribution in [3.8, 4) is 0 Å². The van der Waals surface area contributed by atoms with Gasteiger partial charge in [0.1, 0.15) is 0 Å². The number of anilines is 1. The van der Waals surface area contributed by atoms with Gasteiger partial charge >= 0.3 is 0 Å². The monoisotopic (exact) mass is 265 g/mol. The molecule has 1 fully saturated rings. The van der Waals surface area contributed by atoms with E-state index < -0.39 is 0 Å². The third-order valence-corrected chi connectivity index (χ3v) is 3.42. The van der Waals surface area contributed by atoms with E-state index in [0.29, 0.717) is 6.61 Å². The van der Waals surface area contributed by atoms with Crippen molar-refractivity contribution in [1.82, 2.24) is 4.90 Å². The number of nitrogens with zero attached hydrogens (tertiary/aromatic N) is 3. The zero-order valence-corrected chi connectivity index (χ0v) is 11.3. The number of methoxy groups -OCH3 is 1. The van der Waals surface area contributed by atoms with Gasteiger partial charge in [0, 0.05) is 56.7 Å². The van der Waals surface area contributed by atoms with Crippen LogP contribution >= 0.6 is 0 Å². The van der Waals surface area contributed by atoms with E-state index in [1.807, 2.05) is 6.07 Å². The highest BCUT2D eigenvalue weighted by molar-refractivity contribution is 5.58. The van der Waals surface area contributed by atoms with Gasteiger partial charge < -0.3 is 14.5 Å². The van der Waals surface area contributed by atoms with Crippen molar-refractivity contribution in [2.75, 3.05) is 45.2 Å². The van der Waals surface area contributed by atoms with E-state index in [1.165, 1.54) is 0 Å². The van der Waals surface area contributed by atoms with Crippen LogP contribution in [0.5, 0.6) is 0 Å². The Hall–Kier alpha value is -1.66. The maximum atomic E-state index is 10.8. The average molecular weight is 265 g/mol. The minimum Gasteiger partial charge on any atom is -0.380 e. The molecule has 1 aromatic rings. The number of piperazine rings is 1. The number of ether oxygens (including phenoxy) is 1. The summed E-state index contributed by atoms with van der Waals surface area (Å²) in [5, 5.41) is 10.8. The van der Waals surface area contributed by atoms with E-state index >= 15 is 0 Å². The van der Waals surface area contributed by atoms with Crippen molar-refractivity contribution in [2.24, 2.45) is 0 Å². The Morgan fingerprint density at radius 3 is 2.58 bits per heavy atom. The van der Waals surface area contributed by atoms with Gasteiger partial charge in [0.25, 0.3) is 5.69 Å². The molecule has 1 aromatic carbocycles. The molecule has 0 N–H and O–H groups in total. The summed E-state index contributed by atoms with van der Waals surface area (Å²) in [6, 6.07) is 5.00. The largest absolute Gasteiger partial charge is 0.380 e. The Kier molecular flexibility index (Phi) is 4.34. The summed E-state index contributed by atoms with van der Waals surface area (Å²) in [4.78, 5) is 15.0. The number of likely N-dealkylation sites (N-methyl/N-ethyl adjacent to an activating group) is 1. The summed E-state index contributed by atoms with van der Waals surface area (Å²) in [7, 11) is 3.70. The van der Waals surface area contributed by atoms with Crippen LogP contribution in [-0.4, -0.2) is 50.2 Å². The van der Waals surface area contributed by atoms with E-state index in [2.05, 4.69) is 16.8 Å². The van der Waals surface area contributed by atoms with Gasteiger partial charge in [-0.2, -0.15) is 0 Å². The molecule has 0 atom stereocenters. The molecule has 0 aliphatic carbocycles. The normalized spacial score (nSPS) is 16.6. The molecule has 0 aromatic heterocycles. The third-order valence-electron chi connectivity index (χ3n) is 3.42. The highest BCUT2D eigenvalue weighted by Crippen LogP contribution is 2.27. The lowest BCUT2D eigenvalue weighted by Gasteiger charge is -2.35. The molecular formula is C13H19N3O3. The Morgan fingerprint density at radius 1 is 1.32 bits per heavy atom. The molecule has 0 unspecified atom stereocenters. The number of hydrogen-bond acceptors (Lipinski definition) is 5. The van der Waals surface area contributed by atoms with Gasteiger partial charge in [-0.15, -0.1) is 0 Å². The van der Waals surface area contributed by atoms with Gasteiger partial charge in [-0.3, -0.25) is 10.1 Å². The van der Waals surface area contributed by atoms with Crippen LogP contribution in [0.25, 0.3) is 0 Å². The molecule has 1 saturated heterocycles. The second-order valence-electron chi connectivity index (χ2n) is 4.79. The van der Waals surface area contributed by atoms with E-state index in [-0.39, 0.29) is 10.6 Å². The fourth-order valence-corrected chi connectivity index (χ4v) is 2.31. The third kappa shape index (κ3) is 3.21. The van der Waals surface area contributed by atoms with Gasteiger partial charge in [-0.1, -0.05) is 0 Å². The van der Waals surface area contributed by atoms with Crippen molar-refractivity contribution in [1.29, 1.82) is 0 Å². The Bertz CT molecular complexity index is 456. The van der Waals surface area contributed by atoms with Gasteiger partial charge in [0.05, 0.1) is 11.5 Å². The first-order valence-corrected chi connectivity index (χ1v) is 6.31. The molecule has 0 radical (unpaired) electrons. The second-order valence-corrected chi connectivity index (χ2v) is 4.79. The van der Waals surface area contributed by atoms with Crippen molar-refractivity contribution in [3.63, 3.8) is 0 Å². The Balaban J connectivity index is 2.25. The van der Waals surface area contributed by atoms with Crippen molar-refractivity contribution >= 4 is 11.4 Å². The van der Waals surface area contributed by atoms with Crippen LogP contribution in [0.2, 0.25) is 0 Å². The van der Waals surface area contributed by atoms with Gasteiger partial charge in [-0.25, -0.2) is 0 Å². The molecule has 0 saturated carbocycles. The lowest BCUT2D eigenvalue weighted by atomic mass is 10.1. The number of hydrogen-bond donors (Lipinski definition) is 0. The van der Waals surface area contributed by atoms with Gasteiger partial charge in [0.2, 0.25) is 0 Å². The molecule has 1 heterocycles. The van der Waals surface area contributed by atoms with Crippen molar-refractivity contribution in [2.45, 2.75) is 6.61 Å². The van der Waals surface area contributed by atoms with Gasteiger partial charge in [-0.05, 0) is 13.1 Å². The molecule has 2 rings (SSSR count). The number of nitro benzene ring substituents is 1. The Morgan fingerprint density at radius 2 is 2.00 bits per heavy atom. The molecule has 19 heavy (non-hydrogen) atoms. The van der Waals surface area contributed by atoms with Crippen molar-refractivity contribution < 1.29 is 9.66 Å². The fraction of sp³-hybridized carbons (Fsp3) is 0.538. The quantitative estimate of drug-likeness (QED) is 0.610.